The Morgan fingerprint density at radius 2 is 2.14 bits per heavy atom. The van der Waals surface area contributed by atoms with E-state index in [1.54, 1.807) is 0 Å². The first-order chi connectivity index (χ1) is 10.0. The summed E-state index contributed by atoms with van der Waals surface area (Å²) in [5.74, 6) is -0.758. The molecule has 1 unspecified atom stereocenters. The van der Waals surface area contributed by atoms with Crippen LogP contribution in [0.5, 0.6) is 0 Å². The third-order valence-electron chi connectivity index (χ3n) is 3.24. The highest BCUT2D eigenvalue weighted by Crippen LogP contribution is 2.16. The lowest BCUT2D eigenvalue weighted by Crippen LogP contribution is -2.22. The molecule has 0 radical (unpaired) electrons. The van der Waals surface area contributed by atoms with Crippen LogP contribution in [0.1, 0.15) is 46.0 Å². The first-order valence-electron chi connectivity index (χ1n) is 7.49. The maximum atomic E-state index is 13.0. The molecule has 0 aliphatic carbocycles. The second-order valence-corrected chi connectivity index (χ2v) is 5.26. The lowest BCUT2D eigenvalue weighted by Gasteiger charge is -2.13. The maximum absolute atomic E-state index is 13.0. The number of hydrogen-bond acceptors (Lipinski definition) is 3. The fourth-order valence-corrected chi connectivity index (χ4v) is 1.98. The number of nitrogens with one attached hydrogen (secondary N) is 1. The van der Waals surface area contributed by atoms with Crippen LogP contribution in [0.3, 0.4) is 0 Å². The normalized spacial score (nSPS) is 12.1. The van der Waals surface area contributed by atoms with Crippen molar-refractivity contribution in [1.29, 1.82) is 0 Å². The molecule has 0 aliphatic rings. The van der Waals surface area contributed by atoms with Crippen molar-refractivity contribution in [3.63, 3.8) is 0 Å². The first-order valence-corrected chi connectivity index (χ1v) is 7.49. The van der Waals surface area contributed by atoms with Crippen LogP contribution >= 0.6 is 0 Å². The van der Waals surface area contributed by atoms with Gasteiger partial charge in [0.2, 0.25) is 5.91 Å². The molecule has 0 aromatic heterocycles. The number of rotatable bonds is 9. The van der Waals surface area contributed by atoms with E-state index in [1.165, 1.54) is 37.5 Å². The van der Waals surface area contributed by atoms with Crippen molar-refractivity contribution in [2.45, 2.75) is 52.1 Å². The Morgan fingerprint density at radius 1 is 1.38 bits per heavy atom. The van der Waals surface area contributed by atoms with Crippen LogP contribution in [-0.4, -0.2) is 18.6 Å². The molecule has 0 saturated heterocycles. The van der Waals surface area contributed by atoms with Crippen molar-refractivity contribution in [3.8, 4) is 0 Å². The van der Waals surface area contributed by atoms with Gasteiger partial charge in [0.15, 0.2) is 0 Å². The molecule has 0 bridgehead atoms. The topological polar surface area (TPSA) is 64.3 Å². The Labute approximate surface area is 125 Å². The summed E-state index contributed by atoms with van der Waals surface area (Å²) in [6.45, 7) is 4.13. The number of unbranched alkanes of at least 4 members (excludes halogenated alkanes) is 3. The first kappa shape index (κ1) is 17.4. The number of anilines is 2. The molecule has 0 fully saturated rings. The highest BCUT2D eigenvalue weighted by Gasteiger charge is 2.08. The molecule has 1 atom stereocenters. The third-order valence-corrected chi connectivity index (χ3v) is 3.24. The van der Waals surface area contributed by atoms with E-state index in [0.717, 1.165) is 12.8 Å². The molecule has 1 rings (SSSR count). The average molecular weight is 296 g/mol. The predicted octanol–water partition coefficient (Wildman–Crippen LogP) is 3.72. The molecule has 0 spiro atoms. The van der Waals surface area contributed by atoms with Crippen molar-refractivity contribution in [1.82, 2.24) is 0 Å². The SMILES string of the molecule is CCCCCCC(C)OCC(=O)Nc1ccc(F)c(N)c1. The van der Waals surface area contributed by atoms with E-state index in [0.29, 0.717) is 5.69 Å². The van der Waals surface area contributed by atoms with E-state index in [2.05, 4.69) is 12.2 Å². The molecule has 0 aliphatic heterocycles. The van der Waals surface area contributed by atoms with Crippen molar-refractivity contribution < 1.29 is 13.9 Å². The molecule has 1 aromatic rings. The quantitative estimate of drug-likeness (QED) is 0.539. The molecule has 4 nitrogen and oxygen atoms in total. The van der Waals surface area contributed by atoms with Gasteiger partial charge in [0.1, 0.15) is 12.4 Å². The fourth-order valence-electron chi connectivity index (χ4n) is 1.98. The zero-order valence-corrected chi connectivity index (χ0v) is 12.8. The smallest absolute Gasteiger partial charge is 0.250 e. The zero-order chi connectivity index (χ0) is 15.7. The van der Waals surface area contributed by atoms with Gasteiger partial charge in [-0.1, -0.05) is 32.6 Å². The fraction of sp³-hybridized carbons (Fsp3) is 0.562. The summed E-state index contributed by atoms with van der Waals surface area (Å²) in [6, 6.07) is 4.08. The number of carbonyl (C=O) groups excluding carboxylic acids is 1. The largest absolute Gasteiger partial charge is 0.396 e. The summed E-state index contributed by atoms with van der Waals surface area (Å²) in [6.07, 6.45) is 5.77. The van der Waals surface area contributed by atoms with Gasteiger partial charge >= 0.3 is 0 Å². The minimum Gasteiger partial charge on any atom is -0.396 e. The van der Waals surface area contributed by atoms with Crippen LogP contribution in [0.15, 0.2) is 18.2 Å². The summed E-state index contributed by atoms with van der Waals surface area (Å²) >= 11 is 0. The van der Waals surface area contributed by atoms with E-state index in [-0.39, 0.29) is 24.3 Å². The number of benzene rings is 1. The van der Waals surface area contributed by atoms with E-state index < -0.39 is 5.82 Å². The van der Waals surface area contributed by atoms with E-state index in [9.17, 15) is 9.18 Å². The molecule has 0 heterocycles. The molecular weight excluding hydrogens is 271 g/mol. The number of nitrogens with two attached hydrogens (primary N) is 1. The molecule has 0 saturated carbocycles. The molecular formula is C16H25FN2O2. The van der Waals surface area contributed by atoms with Crippen LogP contribution in [0.25, 0.3) is 0 Å². The monoisotopic (exact) mass is 296 g/mol. The van der Waals surface area contributed by atoms with Crippen LogP contribution in [0.4, 0.5) is 15.8 Å². The standard InChI is InChI=1S/C16H25FN2O2/c1-3-4-5-6-7-12(2)21-11-16(20)19-13-8-9-14(17)15(18)10-13/h8-10,12H,3-7,11,18H2,1-2H3,(H,19,20). The van der Waals surface area contributed by atoms with Crippen LogP contribution in [0.2, 0.25) is 0 Å². The number of halogens is 1. The minimum absolute atomic E-state index is 0.00771. The van der Waals surface area contributed by atoms with Gasteiger partial charge in [0, 0.05) is 5.69 Å². The average Bonchev–Trinajstić information content (AvgIpc) is 2.45. The van der Waals surface area contributed by atoms with Crippen molar-refractivity contribution in [3.05, 3.63) is 24.0 Å². The second-order valence-electron chi connectivity index (χ2n) is 5.26. The van der Waals surface area contributed by atoms with E-state index in [1.807, 2.05) is 6.92 Å². The van der Waals surface area contributed by atoms with Gasteiger partial charge in [-0.25, -0.2) is 4.39 Å². The molecule has 3 N–H and O–H groups in total. The molecule has 118 valence electrons. The van der Waals surface area contributed by atoms with Crippen LogP contribution in [0, 0.1) is 5.82 Å². The Balaban J connectivity index is 2.25. The van der Waals surface area contributed by atoms with Crippen molar-refractivity contribution in [2.75, 3.05) is 17.7 Å². The van der Waals surface area contributed by atoms with Gasteiger partial charge < -0.3 is 15.8 Å². The summed E-state index contributed by atoms with van der Waals surface area (Å²) < 4.78 is 18.5. The second kappa shape index (κ2) is 9.34. The van der Waals surface area contributed by atoms with Gasteiger partial charge in [0.25, 0.3) is 0 Å². The number of ether oxygens (including phenoxy) is 1. The Morgan fingerprint density at radius 3 is 2.81 bits per heavy atom. The zero-order valence-electron chi connectivity index (χ0n) is 12.8. The number of carbonyl (C=O) groups is 1. The summed E-state index contributed by atoms with van der Waals surface area (Å²) in [7, 11) is 0. The minimum atomic E-state index is -0.495. The lowest BCUT2D eigenvalue weighted by molar-refractivity contribution is -0.122. The van der Waals surface area contributed by atoms with Crippen molar-refractivity contribution in [2.24, 2.45) is 0 Å². The van der Waals surface area contributed by atoms with Crippen molar-refractivity contribution >= 4 is 17.3 Å². The predicted molar refractivity (Wildman–Crippen MR) is 83.6 cm³/mol. The summed E-state index contributed by atoms with van der Waals surface area (Å²) in [4.78, 5) is 11.7. The summed E-state index contributed by atoms with van der Waals surface area (Å²) in [5, 5.41) is 2.63. The van der Waals surface area contributed by atoms with E-state index in [4.69, 9.17) is 10.5 Å². The lowest BCUT2D eigenvalue weighted by atomic mass is 10.1. The molecule has 5 heteroatoms. The van der Waals surface area contributed by atoms with Gasteiger partial charge in [-0.15, -0.1) is 0 Å². The van der Waals surface area contributed by atoms with Gasteiger partial charge in [0.05, 0.1) is 11.8 Å². The number of hydrogen-bond donors (Lipinski definition) is 2. The molecule has 1 aromatic carbocycles. The van der Waals surface area contributed by atoms with E-state index >= 15 is 0 Å². The van der Waals surface area contributed by atoms with Crippen LogP contribution in [-0.2, 0) is 9.53 Å². The molecule has 21 heavy (non-hydrogen) atoms. The summed E-state index contributed by atoms with van der Waals surface area (Å²) in [5.41, 5.74) is 5.92. The van der Waals surface area contributed by atoms with Gasteiger partial charge in [-0.05, 0) is 31.5 Å². The van der Waals surface area contributed by atoms with Gasteiger partial charge in [-0.3, -0.25) is 4.79 Å². The highest BCUT2D eigenvalue weighted by molar-refractivity contribution is 5.92. The number of nitrogen functional groups attached to an aromatic ring is 1. The maximum Gasteiger partial charge on any atom is 0.250 e. The third kappa shape index (κ3) is 7.09. The number of amides is 1. The van der Waals surface area contributed by atoms with Crippen LogP contribution < -0.4 is 11.1 Å². The molecule has 1 amide bonds. The Kier molecular flexibility index (Phi) is 7.75. The Hall–Kier alpha value is -1.62. The highest BCUT2D eigenvalue weighted by atomic mass is 19.1. The van der Waals surface area contributed by atoms with Gasteiger partial charge in [-0.2, -0.15) is 0 Å². The Bertz CT molecular complexity index is 452.